The minimum atomic E-state index is -0.463. The highest BCUT2D eigenvalue weighted by atomic mass is 16.6. The molecule has 1 aliphatic heterocycles. The number of piperidine rings is 1. The van der Waals surface area contributed by atoms with Gasteiger partial charge in [-0.25, -0.2) is 9.59 Å². The van der Waals surface area contributed by atoms with Gasteiger partial charge in [-0.1, -0.05) is 0 Å². The summed E-state index contributed by atoms with van der Waals surface area (Å²) in [6.07, 6.45) is 4.67. The van der Waals surface area contributed by atoms with Crippen molar-refractivity contribution in [2.45, 2.75) is 70.6 Å². The first-order valence-corrected chi connectivity index (χ1v) is 7.88. The van der Waals surface area contributed by atoms with Crippen molar-refractivity contribution in [1.29, 1.82) is 0 Å². The molecule has 2 aliphatic rings. The number of ether oxygens (including phenoxy) is 1. The zero-order chi connectivity index (χ0) is 15.5. The molecule has 2 fully saturated rings. The van der Waals surface area contributed by atoms with Crippen LogP contribution in [0.5, 0.6) is 0 Å². The molecule has 0 aromatic rings. The average molecular weight is 297 g/mol. The summed E-state index contributed by atoms with van der Waals surface area (Å²) in [6.45, 7) is 6.85. The monoisotopic (exact) mass is 297 g/mol. The molecule has 0 aromatic heterocycles. The molecule has 0 spiro atoms. The number of carbonyl (C=O) groups is 2. The van der Waals surface area contributed by atoms with Crippen LogP contribution in [-0.4, -0.2) is 47.8 Å². The highest BCUT2D eigenvalue weighted by molar-refractivity contribution is 5.74. The lowest BCUT2D eigenvalue weighted by Gasteiger charge is -2.34. The number of rotatable bonds is 2. The number of hydrogen-bond donors (Lipinski definition) is 2. The highest BCUT2D eigenvalue weighted by Gasteiger charge is 2.28. The zero-order valence-electron chi connectivity index (χ0n) is 13.3. The molecule has 0 aromatic carbocycles. The van der Waals surface area contributed by atoms with Crippen molar-refractivity contribution in [3.8, 4) is 0 Å². The van der Waals surface area contributed by atoms with E-state index < -0.39 is 5.60 Å². The molecular weight excluding hydrogens is 270 g/mol. The van der Waals surface area contributed by atoms with E-state index in [1.165, 1.54) is 6.42 Å². The van der Waals surface area contributed by atoms with E-state index in [9.17, 15) is 9.59 Å². The van der Waals surface area contributed by atoms with Gasteiger partial charge >= 0.3 is 12.1 Å². The van der Waals surface area contributed by atoms with Crippen molar-refractivity contribution >= 4 is 12.1 Å². The van der Waals surface area contributed by atoms with E-state index in [0.29, 0.717) is 19.1 Å². The Morgan fingerprint density at radius 1 is 1.00 bits per heavy atom. The van der Waals surface area contributed by atoms with E-state index in [1.54, 1.807) is 4.90 Å². The summed E-state index contributed by atoms with van der Waals surface area (Å²) >= 11 is 0. The zero-order valence-corrected chi connectivity index (χ0v) is 13.3. The summed E-state index contributed by atoms with van der Waals surface area (Å²) in [7, 11) is 0. The predicted octanol–water partition coefficient (Wildman–Crippen LogP) is 2.24. The van der Waals surface area contributed by atoms with Gasteiger partial charge in [-0.05, 0) is 52.9 Å². The van der Waals surface area contributed by atoms with E-state index in [-0.39, 0.29) is 18.2 Å². The number of urea groups is 1. The number of nitrogens with zero attached hydrogens (tertiary/aromatic N) is 1. The van der Waals surface area contributed by atoms with Crippen molar-refractivity contribution in [1.82, 2.24) is 15.5 Å². The summed E-state index contributed by atoms with van der Waals surface area (Å²) in [5.41, 5.74) is -0.463. The summed E-state index contributed by atoms with van der Waals surface area (Å²) in [5.74, 6) is 0. The Morgan fingerprint density at radius 3 is 1.95 bits per heavy atom. The van der Waals surface area contributed by atoms with Crippen LogP contribution in [0.4, 0.5) is 9.59 Å². The Bertz CT molecular complexity index is 380. The van der Waals surface area contributed by atoms with Gasteiger partial charge in [-0.15, -0.1) is 0 Å². The fourth-order valence-electron chi connectivity index (χ4n) is 2.50. The third-order valence-electron chi connectivity index (χ3n) is 3.92. The largest absolute Gasteiger partial charge is 0.444 e. The van der Waals surface area contributed by atoms with E-state index in [4.69, 9.17) is 4.74 Å². The number of likely N-dealkylation sites (tertiary alicyclic amines) is 1. The Hall–Kier alpha value is -1.46. The third kappa shape index (κ3) is 5.10. The molecule has 6 nitrogen and oxygen atoms in total. The van der Waals surface area contributed by atoms with Crippen molar-refractivity contribution in [2.75, 3.05) is 13.1 Å². The smallest absolute Gasteiger partial charge is 0.410 e. The maximum atomic E-state index is 11.9. The maximum absolute atomic E-state index is 11.9. The Kier molecular flexibility index (Phi) is 4.96. The van der Waals surface area contributed by atoms with E-state index in [0.717, 1.165) is 25.7 Å². The second-order valence-corrected chi connectivity index (χ2v) is 6.99. The summed E-state index contributed by atoms with van der Waals surface area (Å²) in [4.78, 5) is 25.4. The third-order valence-corrected chi connectivity index (χ3v) is 3.92. The number of carbonyl (C=O) groups excluding carboxylic acids is 2. The fourth-order valence-corrected chi connectivity index (χ4v) is 2.50. The Balaban J connectivity index is 1.67. The summed E-state index contributed by atoms with van der Waals surface area (Å²) in [5, 5.41) is 5.97. The Morgan fingerprint density at radius 2 is 1.52 bits per heavy atom. The predicted molar refractivity (Wildman–Crippen MR) is 80.1 cm³/mol. The van der Waals surface area contributed by atoms with Crippen LogP contribution in [0.3, 0.4) is 0 Å². The molecule has 3 amide bonds. The fraction of sp³-hybridized carbons (Fsp3) is 0.867. The van der Waals surface area contributed by atoms with Gasteiger partial charge in [0.25, 0.3) is 0 Å². The number of nitrogens with one attached hydrogen (secondary N) is 2. The molecule has 21 heavy (non-hydrogen) atoms. The molecule has 0 unspecified atom stereocenters. The molecular formula is C15H27N3O3. The molecule has 1 aliphatic carbocycles. The van der Waals surface area contributed by atoms with Gasteiger partial charge in [0.05, 0.1) is 0 Å². The quantitative estimate of drug-likeness (QED) is 0.821. The molecule has 0 atom stereocenters. The lowest BCUT2D eigenvalue weighted by molar-refractivity contribution is 0.0201. The van der Waals surface area contributed by atoms with Gasteiger partial charge in [0.2, 0.25) is 0 Å². The van der Waals surface area contributed by atoms with Crippen molar-refractivity contribution in [3.05, 3.63) is 0 Å². The van der Waals surface area contributed by atoms with E-state index in [2.05, 4.69) is 10.6 Å². The van der Waals surface area contributed by atoms with Crippen LogP contribution in [0.25, 0.3) is 0 Å². The molecule has 2 N–H and O–H groups in total. The lowest BCUT2D eigenvalue weighted by atomic mass is 9.93. The lowest BCUT2D eigenvalue weighted by Crippen LogP contribution is -2.52. The average Bonchev–Trinajstić information content (AvgIpc) is 2.32. The molecule has 2 rings (SSSR count). The van der Waals surface area contributed by atoms with Crippen LogP contribution in [0, 0.1) is 0 Å². The first kappa shape index (κ1) is 15.9. The molecule has 6 heteroatoms. The standard InChI is InChI=1S/C15H27N3O3/c1-15(2,3)21-14(20)18-9-7-12(8-10-18)17-13(19)16-11-5-4-6-11/h11-12H,4-10H2,1-3H3,(H2,16,17,19). The Labute approximate surface area is 126 Å². The van der Waals surface area contributed by atoms with Crippen molar-refractivity contribution in [3.63, 3.8) is 0 Å². The van der Waals surface area contributed by atoms with Crippen LogP contribution < -0.4 is 10.6 Å². The molecule has 0 bridgehead atoms. The van der Waals surface area contributed by atoms with Crippen LogP contribution >= 0.6 is 0 Å². The summed E-state index contributed by atoms with van der Waals surface area (Å²) in [6, 6.07) is 0.422. The molecule has 1 saturated carbocycles. The van der Waals surface area contributed by atoms with Gasteiger partial charge in [0.15, 0.2) is 0 Å². The molecule has 1 saturated heterocycles. The van der Waals surface area contributed by atoms with Gasteiger partial charge in [0.1, 0.15) is 5.60 Å². The topological polar surface area (TPSA) is 70.7 Å². The first-order valence-electron chi connectivity index (χ1n) is 7.88. The second kappa shape index (κ2) is 6.54. The SMILES string of the molecule is CC(C)(C)OC(=O)N1CCC(NC(=O)NC2CCC2)CC1. The minimum absolute atomic E-state index is 0.0737. The van der Waals surface area contributed by atoms with Crippen molar-refractivity contribution in [2.24, 2.45) is 0 Å². The molecule has 1 heterocycles. The van der Waals surface area contributed by atoms with Crippen LogP contribution in [0.2, 0.25) is 0 Å². The maximum Gasteiger partial charge on any atom is 0.410 e. The molecule has 120 valence electrons. The van der Waals surface area contributed by atoms with Gasteiger partial charge in [0, 0.05) is 25.2 Å². The van der Waals surface area contributed by atoms with Crippen LogP contribution in [-0.2, 0) is 4.74 Å². The van der Waals surface area contributed by atoms with Gasteiger partial charge in [-0.3, -0.25) is 0 Å². The van der Waals surface area contributed by atoms with Crippen molar-refractivity contribution < 1.29 is 14.3 Å². The minimum Gasteiger partial charge on any atom is -0.444 e. The molecule has 0 radical (unpaired) electrons. The number of amides is 3. The second-order valence-electron chi connectivity index (χ2n) is 6.99. The van der Waals surface area contributed by atoms with Crippen LogP contribution in [0.1, 0.15) is 52.9 Å². The highest BCUT2D eigenvalue weighted by Crippen LogP contribution is 2.18. The van der Waals surface area contributed by atoms with E-state index in [1.807, 2.05) is 20.8 Å². The normalized spacial score (nSPS) is 20.6. The number of hydrogen-bond acceptors (Lipinski definition) is 3. The van der Waals surface area contributed by atoms with Crippen LogP contribution in [0.15, 0.2) is 0 Å². The first-order chi connectivity index (χ1) is 9.83. The van der Waals surface area contributed by atoms with Gasteiger partial charge < -0.3 is 20.3 Å². The van der Waals surface area contributed by atoms with E-state index >= 15 is 0 Å². The van der Waals surface area contributed by atoms with Gasteiger partial charge in [-0.2, -0.15) is 0 Å². The summed E-state index contributed by atoms with van der Waals surface area (Å²) < 4.78 is 5.36.